The van der Waals surface area contributed by atoms with Gasteiger partial charge in [-0.05, 0) is 97.2 Å². The molecule has 6 heterocycles. The zero-order valence-corrected chi connectivity index (χ0v) is 23.7. The maximum Gasteiger partial charge on any atom is 0.304 e. The molecule has 0 saturated heterocycles. The lowest BCUT2D eigenvalue weighted by Gasteiger charge is -2.30. The minimum Gasteiger partial charge on any atom is -0.493 e. The highest BCUT2D eigenvalue weighted by molar-refractivity contribution is 5.96. The number of carboxylic acid groups (broad SMARTS) is 1. The molecule has 0 spiro atoms. The Morgan fingerprint density at radius 3 is 2.61 bits per heavy atom. The number of aryl methyl sites for hydroxylation is 1. The molecule has 4 aromatic rings. The summed E-state index contributed by atoms with van der Waals surface area (Å²) < 4.78 is 8.06. The van der Waals surface area contributed by atoms with Crippen molar-refractivity contribution in [2.45, 2.75) is 71.4 Å². The first-order valence-electron chi connectivity index (χ1n) is 14.6. The second-order valence-electron chi connectivity index (χ2n) is 11.3. The Bertz CT molecular complexity index is 1630. The molecule has 0 saturated carbocycles. The van der Waals surface area contributed by atoms with Crippen LogP contribution >= 0.6 is 0 Å². The van der Waals surface area contributed by atoms with Crippen molar-refractivity contribution in [2.75, 3.05) is 13.2 Å². The SMILES string of the molecule is Cc1c2ccc(c1C)C(=O)N1CCc3ccc(cc3C1)C(CC(=O)O)c1ccc3c(c1)nnn3CCCCCCO2. The monoisotopic (exact) mass is 552 g/mol. The van der Waals surface area contributed by atoms with Gasteiger partial charge >= 0.3 is 5.97 Å². The third-order valence-corrected chi connectivity index (χ3v) is 8.74. The summed E-state index contributed by atoms with van der Waals surface area (Å²) in [5.41, 5.74) is 8.49. The summed E-state index contributed by atoms with van der Waals surface area (Å²) in [6, 6.07) is 16.0. The smallest absolute Gasteiger partial charge is 0.304 e. The van der Waals surface area contributed by atoms with Crippen LogP contribution < -0.4 is 4.74 Å². The van der Waals surface area contributed by atoms with Crippen molar-refractivity contribution in [3.63, 3.8) is 0 Å². The molecular weight excluding hydrogens is 516 g/mol. The number of aromatic nitrogens is 3. The van der Waals surface area contributed by atoms with Gasteiger partial charge in [0.2, 0.25) is 0 Å². The second kappa shape index (κ2) is 11.4. The van der Waals surface area contributed by atoms with Gasteiger partial charge in [0.05, 0.1) is 18.5 Å². The number of amides is 1. The summed E-state index contributed by atoms with van der Waals surface area (Å²) in [5.74, 6) is -0.340. The Hall–Kier alpha value is -4.20. The largest absolute Gasteiger partial charge is 0.493 e. The fourth-order valence-corrected chi connectivity index (χ4v) is 6.19. The first kappa shape index (κ1) is 27.0. The molecule has 1 N–H and O–H groups in total. The maximum atomic E-state index is 13.7. The summed E-state index contributed by atoms with van der Waals surface area (Å²) in [6.07, 6.45) is 4.79. The van der Waals surface area contributed by atoms with E-state index < -0.39 is 5.97 Å². The summed E-state index contributed by atoms with van der Waals surface area (Å²) in [7, 11) is 0. The summed E-state index contributed by atoms with van der Waals surface area (Å²) in [4.78, 5) is 27.6. The maximum absolute atomic E-state index is 13.7. The van der Waals surface area contributed by atoms with Crippen LogP contribution in [-0.2, 0) is 24.3 Å². The molecule has 9 rings (SSSR count). The molecule has 1 amide bonds. The molecule has 0 aliphatic carbocycles. The molecule has 0 radical (unpaired) electrons. The van der Waals surface area contributed by atoms with E-state index >= 15 is 0 Å². The van der Waals surface area contributed by atoms with E-state index in [0.29, 0.717) is 25.3 Å². The molecule has 0 fully saturated rings. The van der Waals surface area contributed by atoms with Crippen LogP contribution in [0.3, 0.4) is 0 Å². The second-order valence-corrected chi connectivity index (χ2v) is 11.3. The Labute approximate surface area is 239 Å². The summed E-state index contributed by atoms with van der Waals surface area (Å²) in [5, 5.41) is 18.6. The van der Waals surface area contributed by atoms with Crippen LogP contribution in [0.1, 0.15) is 81.8 Å². The third kappa shape index (κ3) is 5.43. The van der Waals surface area contributed by atoms with E-state index in [1.54, 1.807) is 0 Å². The Kier molecular flexibility index (Phi) is 7.47. The predicted molar refractivity (Wildman–Crippen MR) is 156 cm³/mol. The van der Waals surface area contributed by atoms with Crippen LogP contribution in [0.5, 0.6) is 5.75 Å². The first-order valence-corrected chi connectivity index (χ1v) is 14.6. The zero-order chi connectivity index (χ0) is 28.5. The average Bonchev–Trinajstić information content (AvgIpc) is 3.38. The standard InChI is InChI=1S/C33H36N4O4/c1-21-22(2)31-12-10-27(21)33(40)36-15-13-23-7-8-24(17-26(23)20-36)28(19-32(38)39)25-9-11-30-29(18-25)34-35-37(30)14-5-3-4-6-16-41-31/h7-12,17-18,28H,3-6,13-16,19-20H2,1-2H3,(H,38,39). The fraction of sp³-hybridized carbons (Fsp3) is 0.394. The molecule has 9 bridgehead atoms. The van der Waals surface area contributed by atoms with E-state index in [-0.39, 0.29) is 18.2 Å². The van der Waals surface area contributed by atoms with Crippen LogP contribution in [-0.4, -0.2) is 50.0 Å². The topological polar surface area (TPSA) is 97.5 Å². The van der Waals surface area contributed by atoms with Gasteiger partial charge in [0.1, 0.15) is 11.3 Å². The van der Waals surface area contributed by atoms with E-state index in [1.165, 1.54) is 5.56 Å². The van der Waals surface area contributed by atoms with Crippen LogP contribution in [0.4, 0.5) is 0 Å². The van der Waals surface area contributed by atoms with Gasteiger partial charge in [0.15, 0.2) is 0 Å². The summed E-state index contributed by atoms with van der Waals surface area (Å²) >= 11 is 0. The van der Waals surface area contributed by atoms with Crippen LogP contribution in [0, 0.1) is 13.8 Å². The number of carboxylic acids is 1. The molecule has 3 aromatic carbocycles. The Balaban J connectivity index is 1.39. The number of benzene rings is 3. The van der Waals surface area contributed by atoms with Crippen molar-refractivity contribution in [2.24, 2.45) is 0 Å². The molecule has 41 heavy (non-hydrogen) atoms. The van der Waals surface area contributed by atoms with Crippen LogP contribution in [0.2, 0.25) is 0 Å². The van der Waals surface area contributed by atoms with Crippen molar-refractivity contribution in [3.05, 3.63) is 87.5 Å². The molecule has 1 aromatic heterocycles. The van der Waals surface area contributed by atoms with Crippen molar-refractivity contribution in [1.82, 2.24) is 19.9 Å². The first-order chi connectivity index (χ1) is 19.9. The number of carbonyl (C=O) groups excluding carboxylic acids is 1. The van der Waals surface area contributed by atoms with Gasteiger partial charge in [-0.2, -0.15) is 0 Å². The van der Waals surface area contributed by atoms with E-state index in [9.17, 15) is 14.7 Å². The number of nitrogens with zero attached hydrogens (tertiary/aromatic N) is 4. The van der Waals surface area contributed by atoms with Crippen LogP contribution in [0.25, 0.3) is 11.0 Å². The number of hydrogen-bond donors (Lipinski definition) is 1. The minimum atomic E-state index is -0.857. The normalized spacial score (nSPS) is 17.9. The van der Waals surface area contributed by atoms with Crippen molar-refractivity contribution < 1.29 is 19.4 Å². The molecule has 8 heteroatoms. The number of rotatable bonds is 2. The van der Waals surface area contributed by atoms with Crippen molar-refractivity contribution in [3.8, 4) is 5.75 Å². The van der Waals surface area contributed by atoms with Gasteiger partial charge in [-0.25, -0.2) is 4.68 Å². The van der Waals surface area contributed by atoms with Gasteiger partial charge in [-0.15, -0.1) is 5.10 Å². The lowest BCUT2D eigenvalue weighted by atomic mass is 9.85. The number of ether oxygens (including phenoxy) is 1. The van der Waals surface area contributed by atoms with Gasteiger partial charge in [0.25, 0.3) is 5.91 Å². The lowest BCUT2D eigenvalue weighted by Crippen LogP contribution is -2.36. The minimum absolute atomic E-state index is 0.0159. The van der Waals surface area contributed by atoms with Gasteiger partial charge in [-0.1, -0.05) is 35.9 Å². The number of hydrogen-bond acceptors (Lipinski definition) is 5. The highest BCUT2D eigenvalue weighted by atomic mass is 16.5. The fourth-order valence-electron chi connectivity index (χ4n) is 6.19. The quantitative estimate of drug-likeness (QED) is 0.337. The molecular formula is C33H36N4O4. The van der Waals surface area contributed by atoms with Crippen molar-refractivity contribution in [1.29, 1.82) is 0 Å². The molecule has 212 valence electrons. The van der Waals surface area contributed by atoms with E-state index in [4.69, 9.17) is 4.74 Å². The van der Waals surface area contributed by atoms with E-state index in [0.717, 1.165) is 83.2 Å². The molecule has 1 atom stereocenters. The van der Waals surface area contributed by atoms with Gasteiger partial charge in [0, 0.05) is 31.1 Å². The summed E-state index contributed by atoms with van der Waals surface area (Å²) in [6.45, 7) is 6.58. The number of aliphatic carboxylic acids is 1. The average molecular weight is 553 g/mol. The number of carbonyl (C=O) groups is 2. The molecule has 1 unspecified atom stereocenters. The molecule has 8 nitrogen and oxygen atoms in total. The van der Waals surface area contributed by atoms with Gasteiger partial charge in [-0.3, -0.25) is 9.59 Å². The highest BCUT2D eigenvalue weighted by Crippen LogP contribution is 2.33. The lowest BCUT2D eigenvalue weighted by molar-refractivity contribution is -0.137. The predicted octanol–water partition coefficient (Wildman–Crippen LogP) is 5.81. The van der Waals surface area contributed by atoms with E-state index in [1.807, 2.05) is 59.8 Å². The van der Waals surface area contributed by atoms with E-state index in [2.05, 4.69) is 22.4 Å². The molecule has 5 aliphatic rings. The molecule has 5 aliphatic heterocycles. The van der Waals surface area contributed by atoms with Crippen LogP contribution in [0.15, 0.2) is 48.5 Å². The Morgan fingerprint density at radius 1 is 0.951 bits per heavy atom. The zero-order valence-electron chi connectivity index (χ0n) is 23.7. The Morgan fingerprint density at radius 2 is 1.76 bits per heavy atom. The third-order valence-electron chi connectivity index (χ3n) is 8.74. The van der Waals surface area contributed by atoms with Gasteiger partial charge < -0.3 is 14.7 Å². The highest BCUT2D eigenvalue weighted by Gasteiger charge is 2.26. The van der Waals surface area contributed by atoms with Crippen molar-refractivity contribution >= 4 is 22.9 Å².